The van der Waals surface area contributed by atoms with Crippen LogP contribution in [0.5, 0.6) is 0 Å². The van der Waals surface area contributed by atoms with Crippen LogP contribution in [-0.2, 0) is 0 Å². The first-order chi connectivity index (χ1) is 6.09. The van der Waals surface area contributed by atoms with E-state index < -0.39 is 0 Å². The summed E-state index contributed by atoms with van der Waals surface area (Å²) >= 11 is 3.52. The van der Waals surface area contributed by atoms with Crippen LogP contribution in [0, 0.1) is 20.8 Å². The molecular weight excluding hydrogens is 228 g/mol. The zero-order valence-corrected chi connectivity index (χ0v) is 9.51. The Bertz CT molecular complexity index is 471. The molecule has 3 heteroatoms. The van der Waals surface area contributed by atoms with Crippen LogP contribution in [0.3, 0.4) is 0 Å². The monoisotopic (exact) mass is 238 g/mol. The molecular formula is C10H11BrN2. The molecule has 2 aromatic rings. The largest absolute Gasteiger partial charge is 0.293 e. The molecule has 0 aromatic carbocycles. The molecule has 0 saturated carbocycles. The molecule has 0 amide bonds. The minimum absolute atomic E-state index is 1.04. The number of aromatic nitrogens is 2. The summed E-state index contributed by atoms with van der Waals surface area (Å²) in [6.07, 6.45) is 2.09. The van der Waals surface area contributed by atoms with E-state index in [4.69, 9.17) is 0 Å². The summed E-state index contributed by atoms with van der Waals surface area (Å²) in [5.41, 5.74) is 4.54. The van der Waals surface area contributed by atoms with Gasteiger partial charge in [-0.05, 0) is 47.8 Å². The fourth-order valence-corrected chi connectivity index (χ4v) is 1.93. The third-order valence-corrected chi connectivity index (χ3v) is 3.10. The molecule has 68 valence electrons. The smallest absolute Gasteiger partial charge is 0.140 e. The number of fused-ring (bicyclic) bond motifs is 1. The van der Waals surface area contributed by atoms with Crippen LogP contribution < -0.4 is 0 Å². The predicted molar refractivity (Wildman–Crippen MR) is 57.1 cm³/mol. The van der Waals surface area contributed by atoms with E-state index in [1.54, 1.807) is 0 Å². The maximum absolute atomic E-state index is 4.47. The minimum Gasteiger partial charge on any atom is -0.293 e. The summed E-state index contributed by atoms with van der Waals surface area (Å²) in [7, 11) is 0. The van der Waals surface area contributed by atoms with Gasteiger partial charge < -0.3 is 0 Å². The van der Waals surface area contributed by atoms with Crippen LogP contribution in [0.2, 0.25) is 0 Å². The minimum atomic E-state index is 1.04. The zero-order valence-electron chi connectivity index (χ0n) is 7.93. The second-order valence-electron chi connectivity index (χ2n) is 3.38. The molecule has 2 rings (SSSR count). The number of halogens is 1. The summed E-state index contributed by atoms with van der Waals surface area (Å²) in [4.78, 5) is 4.47. The highest BCUT2D eigenvalue weighted by molar-refractivity contribution is 9.10. The van der Waals surface area contributed by atoms with Crippen LogP contribution in [0.1, 0.15) is 16.8 Å². The highest BCUT2D eigenvalue weighted by atomic mass is 79.9. The molecule has 0 saturated heterocycles. The van der Waals surface area contributed by atoms with E-state index in [2.05, 4.69) is 51.4 Å². The Morgan fingerprint density at radius 2 is 2.00 bits per heavy atom. The molecule has 0 aliphatic carbocycles. The van der Waals surface area contributed by atoms with Crippen molar-refractivity contribution < 1.29 is 0 Å². The van der Waals surface area contributed by atoms with Gasteiger partial charge in [0.15, 0.2) is 0 Å². The van der Waals surface area contributed by atoms with Gasteiger partial charge in [0.1, 0.15) is 10.3 Å². The SMILES string of the molecule is Cc1cc(C)c2nc(C)c(Br)n2c1. The first-order valence-electron chi connectivity index (χ1n) is 4.21. The molecule has 0 atom stereocenters. The van der Waals surface area contributed by atoms with Crippen molar-refractivity contribution in [2.45, 2.75) is 20.8 Å². The molecule has 0 N–H and O–H groups in total. The van der Waals surface area contributed by atoms with Gasteiger partial charge in [0.25, 0.3) is 0 Å². The second kappa shape index (κ2) is 2.84. The number of imidazole rings is 1. The maximum atomic E-state index is 4.47. The molecule has 2 aromatic heterocycles. The normalized spacial score (nSPS) is 11.1. The van der Waals surface area contributed by atoms with Crippen LogP contribution >= 0.6 is 15.9 Å². The van der Waals surface area contributed by atoms with E-state index in [-0.39, 0.29) is 0 Å². The van der Waals surface area contributed by atoms with E-state index in [1.807, 2.05) is 6.92 Å². The van der Waals surface area contributed by atoms with Crippen molar-refractivity contribution in [3.63, 3.8) is 0 Å². The third-order valence-electron chi connectivity index (χ3n) is 2.14. The van der Waals surface area contributed by atoms with Gasteiger partial charge in [0, 0.05) is 6.20 Å². The molecule has 2 heterocycles. The number of hydrogen-bond acceptors (Lipinski definition) is 1. The topological polar surface area (TPSA) is 17.3 Å². The van der Waals surface area contributed by atoms with E-state index >= 15 is 0 Å². The first kappa shape index (κ1) is 8.75. The predicted octanol–water partition coefficient (Wildman–Crippen LogP) is 3.02. The quantitative estimate of drug-likeness (QED) is 0.690. The van der Waals surface area contributed by atoms with Crippen molar-refractivity contribution in [2.75, 3.05) is 0 Å². The lowest BCUT2D eigenvalue weighted by molar-refractivity contribution is 1.11. The summed E-state index contributed by atoms with van der Waals surface area (Å²) in [6.45, 7) is 6.18. The number of nitrogens with zero attached hydrogens (tertiary/aromatic N) is 2. The molecule has 0 spiro atoms. The van der Waals surface area contributed by atoms with Gasteiger partial charge in [-0.25, -0.2) is 4.98 Å². The standard InChI is InChI=1S/C10H11BrN2/c1-6-4-7(2)10-12-8(3)9(11)13(10)5-6/h4-5H,1-3H3. The van der Waals surface area contributed by atoms with Crippen molar-refractivity contribution in [3.05, 3.63) is 33.7 Å². The van der Waals surface area contributed by atoms with Gasteiger partial charge in [0.05, 0.1) is 5.69 Å². The van der Waals surface area contributed by atoms with Crippen LogP contribution in [0.25, 0.3) is 5.65 Å². The van der Waals surface area contributed by atoms with Gasteiger partial charge in [-0.3, -0.25) is 4.40 Å². The highest BCUT2D eigenvalue weighted by Gasteiger charge is 2.07. The number of pyridine rings is 1. The molecule has 13 heavy (non-hydrogen) atoms. The van der Waals surface area contributed by atoms with Crippen molar-refractivity contribution in [2.24, 2.45) is 0 Å². The number of rotatable bonds is 0. The Morgan fingerprint density at radius 3 is 2.69 bits per heavy atom. The van der Waals surface area contributed by atoms with Crippen LogP contribution in [-0.4, -0.2) is 9.38 Å². The average Bonchev–Trinajstić information content (AvgIpc) is 2.32. The lowest BCUT2D eigenvalue weighted by Gasteiger charge is -2.00. The van der Waals surface area contributed by atoms with Gasteiger partial charge in [0.2, 0.25) is 0 Å². The molecule has 0 aliphatic heterocycles. The van der Waals surface area contributed by atoms with E-state index in [9.17, 15) is 0 Å². The van der Waals surface area contributed by atoms with E-state index in [1.165, 1.54) is 11.1 Å². The van der Waals surface area contributed by atoms with Crippen molar-refractivity contribution >= 4 is 21.6 Å². The summed E-state index contributed by atoms with van der Waals surface area (Å²) in [5, 5.41) is 0. The number of aryl methyl sites for hydroxylation is 3. The molecule has 0 bridgehead atoms. The maximum Gasteiger partial charge on any atom is 0.140 e. The summed E-state index contributed by atoms with van der Waals surface area (Å²) in [6, 6.07) is 2.15. The zero-order chi connectivity index (χ0) is 9.59. The van der Waals surface area contributed by atoms with Gasteiger partial charge >= 0.3 is 0 Å². The van der Waals surface area contributed by atoms with E-state index in [0.29, 0.717) is 0 Å². The Labute approximate surface area is 85.7 Å². The second-order valence-corrected chi connectivity index (χ2v) is 4.13. The van der Waals surface area contributed by atoms with Gasteiger partial charge in [-0.1, -0.05) is 6.07 Å². The van der Waals surface area contributed by atoms with Crippen LogP contribution in [0.4, 0.5) is 0 Å². The highest BCUT2D eigenvalue weighted by Crippen LogP contribution is 2.21. The molecule has 0 aliphatic rings. The lowest BCUT2D eigenvalue weighted by Crippen LogP contribution is -1.89. The molecule has 0 unspecified atom stereocenters. The fourth-order valence-electron chi connectivity index (χ4n) is 1.57. The Hall–Kier alpha value is -0.830. The van der Waals surface area contributed by atoms with Gasteiger partial charge in [-0.15, -0.1) is 0 Å². The fraction of sp³-hybridized carbons (Fsp3) is 0.300. The Balaban J connectivity index is 2.94. The van der Waals surface area contributed by atoms with Crippen molar-refractivity contribution in [3.8, 4) is 0 Å². The summed E-state index contributed by atoms with van der Waals surface area (Å²) < 4.78 is 3.13. The number of hydrogen-bond donors (Lipinski definition) is 0. The molecule has 0 radical (unpaired) electrons. The average molecular weight is 239 g/mol. The Kier molecular flexibility index (Phi) is 1.91. The van der Waals surface area contributed by atoms with E-state index in [0.717, 1.165) is 15.9 Å². The summed E-state index contributed by atoms with van der Waals surface area (Å²) in [5.74, 6) is 0. The van der Waals surface area contributed by atoms with Crippen molar-refractivity contribution in [1.82, 2.24) is 9.38 Å². The first-order valence-corrected chi connectivity index (χ1v) is 5.00. The van der Waals surface area contributed by atoms with Gasteiger partial charge in [-0.2, -0.15) is 0 Å². The van der Waals surface area contributed by atoms with Crippen molar-refractivity contribution in [1.29, 1.82) is 0 Å². The van der Waals surface area contributed by atoms with Crippen LogP contribution in [0.15, 0.2) is 16.9 Å². The molecule has 2 nitrogen and oxygen atoms in total. The Morgan fingerprint density at radius 1 is 1.31 bits per heavy atom. The lowest BCUT2D eigenvalue weighted by atomic mass is 10.2. The third kappa shape index (κ3) is 1.27. The molecule has 0 fully saturated rings.